The Bertz CT molecular complexity index is 973. The number of rotatable bonds is 5. The molecule has 4 nitrogen and oxygen atoms in total. The molecule has 27 heavy (non-hydrogen) atoms. The Morgan fingerprint density at radius 3 is 2.44 bits per heavy atom. The van der Waals surface area contributed by atoms with Gasteiger partial charge >= 0.3 is 5.97 Å². The highest BCUT2D eigenvalue weighted by Crippen LogP contribution is 2.36. The van der Waals surface area contributed by atoms with Gasteiger partial charge in [0.1, 0.15) is 10.6 Å². The number of benzene rings is 2. The molecule has 3 rings (SSSR count). The number of carbonyl (C=O) groups excluding carboxylic acids is 2. The Hall–Kier alpha value is -2.92. The maximum Gasteiger partial charge on any atom is 0.341 e. The highest BCUT2D eigenvalue weighted by Gasteiger charge is 2.23. The number of hydrogen-bond donors (Lipinski definition) is 1. The number of esters is 1. The van der Waals surface area contributed by atoms with Gasteiger partial charge in [-0.25, -0.2) is 4.79 Å². The second-order valence-corrected chi connectivity index (χ2v) is 7.14. The quantitative estimate of drug-likeness (QED) is 0.599. The number of amides is 1. The molecule has 0 fully saturated rings. The van der Waals surface area contributed by atoms with Gasteiger partial charge in [0.05, 0.1) is 6.61 Å². The van der Waals surface area contributed by atoms with E-state index < -0.39 is 5.97 Å². The van der Waals surface area contributed by atoms with Crippen LogP contribution in [0.15, 0.2) is 53.9 Å². The molecule has 0 aliphatic heterocycles. The van der Waals surface area contributed by atoms with Crippen molar-refractivity contribution in [1.82, 2.24) is 0 Å². The molecule has 0 saturated carbocycles. The van der Waals surface area contributed by atoms with Crippen molar-refractivity contribution in [3.8, 4) is 11.1 Å². The molecular weight excluding hydrogens is 358 g/mol. The monoisotopic (exact) mass is 379 g/mol. The van der Waals surface area contributed by atoms with Gasteiger partial charge in [0, 0.05) is 16.5 Å². The van der Waals surface area contributed by atoms with Crippen molar-refractivity contribution in [1.29, 1.82) is 0 Å². The lowest BCUT2D eigenvalue weighted by molar-refractivity contribution is 0.0529. The summed E-state index contributed by atoms with van der Waals surface area (Å²) in [5.41, 5.74) is 4.76. The Morgan fingerprint density at radius 1 is 1.04 bits per heavy atom. The van der Waals surface area contributed by atoms with Crippen molar-refractivity contribution >= 4 is 28.2 Å². The van der Waals surface area contributed by atoms with Crippen LogP contribution in [-0.4, -0.2) is 18.5 Å². The summed E-state index contributed by atoms with van der Waals surface area (Å²) in [6.45, 7) is 5.98. The maximum absolute atomic E-state index is 12.6. The van der Waals surface area contributed by atoms with Gasteiger partial charge in [-0.2, -0.15) is 0 Å². The number of thiophene rings is 1. The van der Waals surface area contributed by atoms with Gasteiger partial charge in [-0.1, -0.05) is 47.5 Å². The minimum Gasteiger partial charge on any atom is -0.462 e. The first-order chi connectivity index (χ1) is 13.0. The number of ether oxygens (including phenoxy) is 1. The molecule has 1 aromatic heterocycles. The van der Waals surface area contributed by atoms with Crippen LogP contribution in [0.3, 0.4) is 0 Å². The number of anilines is 1. The topological polar surface area (TPSA) is 55.4 Å². The summed E-state index contributed by atoms with van der Waals surface area (Å²) in [4.78, 5) is 25.2. The van der Waals surface area contributed by atoms with Crippen molar-refractivity contribution in [2.75, 3.05) is 11.9 Å². The first kappa shape index (κ1) is 18.9. The van der Waals surface area contributed by atoms with Crippen LogP contribution in [0.1, 0.15) is 38.8 Å². The van der Waals surface area contributed by atoms with Gasteiger partial charge in [-0.05, 0) is 38.5 Å². The van der Waals surface area contributed by atoms with E-state index in [0.717, 1.165) is 22.3 Å². The lowest BCUT2D eigenvalue weighted by atomic mass is 10.0. The van der Waals surface area contributed by atoms with Crippen LogP contribution in [0, 0.1) is 13.8 Å². The summed E-state index contributed by atoms with van der Waals surface area (Å²) < 4.78 is 5.24. The maximum atomic E-state index is 12.6. The molecule has 0 saturated heterocycles. The molecule has 1 N–H and O–H groups in total. The normalized spacial score (nSPS) is 10.5. The Labute approximate surface area is 162 Å². The number of aryl methyl sites for hydroxylation is 2. The van der Waals surface area contributed by atoms with Gasteiger partial charge in [0.2, 0.25) is 0 Å². The molecule has 0 radical (unpaired) electrons. The predicted molar refractivity (Wildman–Crippen MR) is 110 cm³/mol. The lowest BCUT2D eigenvalue weighted by Gasteiger charge is -2.09. The minimum atomic E-state index is -0.436. The smallest absolute Gasteiger partial charge is 0.341 e. The van der Waals surface area contributed by atoms with E-state index >= 15 is 0 Å². The summed E-state index contributed by atoms with van der Waals surface area (Å²) >= 11 is 1.32. The third-order valence-electron chi connectivity index (χ3n) is 4.14. The van der Waals surface area contributed by atoms with E-state index in [1.807, 2.05) is 61.7 Å². The van der Waals surface area contributed by atoms with Crippen LogP contribution in [0.4, 0.5) is 5.00 Å². The van der Waals surface area contributed by atoms with Crippen LogP contribution >= 0.6 is 11.3 Å². The van der Waals surface area contributed by atoms with Crippen molar-refractivity contribution in [3.05, 3.63) is 76.2 Å². The lowest BCUT2D eigenvalue weighted by Crippen LogP contribution is -2.15. The number of hydrogen-bond acceptors (Lipinski definition) is 4. The van der Waals surface area contributed by atoms with E-state index in [0.29, 0.717) is 16.1 Å². The molecule has 2 aromatic carbocycles. The predicted octanol–water partition coefficient (Wildman–Crippen LogP) is 5.46. The third-order valence-corrected chi connectivity index (χ3v) is 5.04. The zero-order chi connectivity index (χ0) is 19.4. The van der Waals surface area contributed by atoms with Crippen LogP contribution in [0.5, 0.6) is 0 Å². The van der Waals surface area contributed by atoms with Gasteiger partial charge in [-0.3, -0.25) is 4.79 Å². The fourth-order valence-electron chi connectivity index (χ4n) is 2.76. The molecule has 0 unspecified atom stereocenters. The molecule has 0 bridgehead atoms. The Balaban J connectivity index is 1.98. The highest BCUT2D eigenvalue weighted by atomic mass is 32.1. The molecule has 0 spiro atoms. The van der Waals surface area contributed by atoms with Crippen LogP contribution < -0.4 is 5.32 Å². The first-order valence-electron chi connectivity index (χ1n) is 8.73. The summed E-state index contributed by atoms with van der Waals surface area (Å²) in [5.74, 6) is -0.685. The minimum absolute atomic E-state index is 0.249. The van der Waals surface area contributed by atoms with Gasteiger partial charge in [0.25, 0.3) is 5.91 Å². The van der Waals surface area contributed by atoms with E-state index in [1.54, 1.807) is 13.0 Å². The van der Waals surface area contributed by atoms with Crippen LogP contribution in [0.2, 0.25) is 0 Å². The molecule has 3 aromatic rings. The van der Waals surface area contributed by atoms with Crippen molar-refractivity contribution in [2.45, 2.75) is 20.8 Å². The van der Waals surface area contributed by atoms with E-state index in [-0.39, 0.29) is 12.5 Å². The second kappa shape index (κ2) is 8.18. The van der Waals surface area contributed by atoms with E-state index in [9.17, 15) is 9.59 Å². The molecule has 0 aliphatic rings. The second-order valence-electron chi connectivity index (χ2n) is 6.26. The molecule has 0 atom stereocenters. The first-order valence-corrected chi connectivity index (χ1v) is 9.61. The zero-order valence-electron chi connectivity index (χ0n) is 15.5. The van der Waals surface area contributed by atoms with Gasteiger partial charge < -0.3 is 10.1 Å². The van der Waals surface area contributed by atoms with Gasteiger partial charge in [0.15, 0.2) is 0 Å². The van der Waals surface area contributed by atoms with Crippen LogP contribution in [0.25, 0.3) is 11.1 Å². The van der Waals surface area contributed by atoms with Crippen molar-refractivity contribution < 1.29 is 14.3 Å². The SMILES string of the molecule is CCOC(=O)c1c(-c2ccc(C)cc2)csc1NC(=O)c1cccc(C)c1. The van der Waals surface area contributed by atoms with E-state index in [2.05, 4.69) is 5.32 Å². The largest absolute Gasteiger partial charge is 0.462 e. The molecule has 138 valence electrons. The fraction of sp³-hybridized carbons (Fsp3) is 0.182. The Kier molecular flexibility index (Phi) is 5.72. The van der Waals surface area contributed by atoms with Gasteiger partial charge in [-0.15, -0.1) is 11.3 Å². The summed E-state index contributed by atoms with van der Waals surface area (Å²) in [7, 11) is 0. The summed E-state index contributed by atoms with van der Waals surface area (Å²) in [5, 5.41) is 5.25. The molecule has 1 heterocycles. The van der Waals surface area contributed by atoms with Crippen molar-refractivity contribution in [3.63, 3.8) is 0 Å². The standard InChI is InChI=1S/C22H21NO3S/c1-4-26-22(25)19-18(16-10-8-14(2)9-11-16)13-27-21(19)23-20(24)17-7-5-6-15(3)12-17/h5-13H,4H2,1-3H3,(H,23,24). The average molecular weight is 379 g/mol. The third kappa shape index (κ3) is 4.26. The number of carbonyl (C=O) groups is 2. The van der Waals surface area contributed by atoms with E-state index in [1.165, 1.54) is 11.3 Å². The molecule has 1 amide bonds. The molecule has 5 heteroatoms. The van der Waals surface area contributed by atoms with E-state index in [4.69, 9.17) is 4.74 Å². The highest BCUT2D eigenvalue weighted by molar-refractivity contribution is 7.15. The average Bonchev–Trinajstić information content (AvgIpc) is 3.06. The summed E-state index contributed by atoms with van der Waals surface area (Å²) in [6.07, 6.45) is 0. The Morgan fingerprint density at radius 2 is 1.78 bits per heavy atom. The van der Waals surface area contributed by atoms with Crippen LogP contribution in [-0.2, 0) is 4.74 Å². The number of nitrogens with one attached hydrogen (secondary N) is 1. The fourth-order valence-corrected chi connectivity index (χ4v) is 3.72. The summed E-state index contributed by atoms with van der Waals surface area (Å²) in [6, 6.07) is 15.2. The van der Waals surface area contributed by atoms with Crippen molar-refractivity contribution in [2.24, 2.45) is 0 Å². The zero-order valence-corrected chi connectivity index (χ0v) is 16.4. The molecular formula is C22H21NO3S. The molecule has 0 aliphatic carbocycles.